The van der Waals surface area contributed by atoms with Gasteiger partial charge in [0.25, 0.3) is 0 Å². The van der Waals surface area contributed by atoms with Crippen molar-refractivity contribution in [2.75, 3.05) is 6.61 Å². The third kappa shape index (κ3) is 4.23. The number of carbonyl (C=O) groups excluding carboxylic acids is 1. The zero-order valence-corrected chi connectivity index (χ0v) is 15.6. The van der Waals surface area contributed by atoms with E-state index in [1.165, 1.54) is 11.1 Å². The van der Waals surface area contributed by atoms with Gasteiger partial charge in [-0.3, -0.25) is 4.79 Å². The molecule has 1 heterocycles. The molecule has 0 unspecified atom stereocenters. The minimum atomic E-state index is 0.0232. The topological polar surface area (TPSA) is 56.2 Å². The summed E-state index contributed by atoms with van der Waals surface area (Å²) in [6, 6.07) is 14.2. The number of imidazole rings is 1. The highest BCUT2D eigenvalue weighted by molar-refractivity contribution is 5.77. The molecular formula is C21H25N3O2. The maximum atomic E-state index is 11.6. The van der Waals surface area contributed by atoms with Crippen molar-refractivity contribution in [3.05, 3.63) is 59.4 Å². The summed E-state index contributed by atoms with van der Waals surface area (Å²) in [7, 11) is 0. The Hall–Kier alpha value is -2.82. The number of aromatic nitrogens is 2. The molecule has 5 heteroatoms. The third-order valence-corrected chi connectivity index (χ3v) is 4.28. The number of hydrogen-bond acceptors (Lipinski definition) is 3. The van der Waals surface area contributed by atoms with E-state index in [1.807, 2.05) is 43.3 Å². The van der Waals surface area contributed by atoms with Crippen LogP contribution in [0.4, 0.5) is 0 Å². The van der Waals surface area contributed by atoms with Crippen LogP contribution in [-0.2, 0) is 17.9 Å². The van der Waals surface area contributed by atoms with E-state index >= 15 is 0 Å². The Morgan fingerprint density at radius 2 is 1.88 bits per heavy atom. The molecule has 3 rings (SSSR count). The van der Waals surface area contributed by atoms with Crippen LogP contribution in [0, 0.1) is 13.8 Å². The van der Waals surface area contributed by atoms with Crippen molar-refractivity contribution >= 4 is 16.9 Å². The van der Waals surface area contributed by atoms with Gasteiger partial charge in [0.05, 0.1) is 24.1 Å². The van der Waals surface area contributed by atoms with E-state index in [1.54, 1.807) is 0 Å². The van der Waals surface area contributed by atoms with E-state index in [4.69, 9.17) is 4.74 Å². The van der Waals surface area contributed by atoms with Gasteiger partial charge in [0.2, 0.25) is 5.91 Å². The van der Waals surface area contributed by atoms with Crippen molar-refractivity contribution < 1.29 is 9.53 Å². The fourth-order valence-electron chi connectivity index (χ4n) is 3.08. The Morgan fingerprint density at radius 3 is 2.62 bits per heavy atom. The average molecular weight is 351 g/mol. The zero-order chi connectivity index (χ0) is 18.5. The normalized spacial score (nSPS) is 10.9. The predicted octanol–water partition coefficient (Wildman–Crippen LogP) is 3.76. The first-order valence-corrected chi connectivity index (χ1v) is 8.98. The monoisotopic (exact) mass is 351 g/mol. The first kappa shape index (κ1) is 18.0. The van der Waals surface area contributed by atoms with Crippen LogP contribution in [0.1, 0.15) is 30.3 Å². The van der Waals surface area contributed by atoms with Crippen molar-refractivity contribution in [1.82, 2.24) is 14.9 Å². The number of carbonyl (C=O) groups is 1. The molecule has 1 N–H and O–H groups in total. The molecule has 0 aliphatic rings. The number of aryl methyl sites for hydroxylation is 2. The van der Waals surface area contributed by atoms with Gasteiger partial charge in [-0.15, -0.1) is 0 Å². The molecule has 26 heavy (non-hydrogen) atoms. The molecule has 136 valence electrons. The lowest BCUT2D eigenvalue weighted by Gasteiger charge is -2.12. The molecule has 0 atom stereocenters. The summed E-state index contributed by atoms with van der Waals surface area (Å²) in [5.41, 5.74) is 4.36. The molecule has 1 amide bonds. The highest BCUT2D eigenvalue weighted by atomic mass is 16.5. The fraction of sp³-hybridized carbons (Fsp3) is 0.333. The molecule has 5 nitrogen and oxygen atoms in total. The molecule has 0 saturated heterocycles. The van der Waals surface area contributed by atoms with E-state index in [0.29, 0.717) is 26.1 Å². The molecular weight excluding hydrogens is 326 g/mol. The molecule has 2 aromatic carbocycles. The lowest BCUT2D eigenvalue weighted by Crippen LogP contribution is -2.24. The quantitative estimate of drug-likeness (QED) is 0.705. The van der Waals surface area contributed by atoms with Gasteiger partial charge in [-0.05, 0) is 49.2 Å². The Labute approximate surface area is 154 Å². The molecule has 0 aliphatic carbocycles. The van der Waals surface area contributed by atoms with Gasteiger partial charge in [-0.25, -0.2) is 4.98 Å². The van der Waals surface area contributed by atoms with Crippen LogP contribution in [0.15, 0.2) is 42.5 Å². The molecule has 0 bridgehead atoms. The van der Waals surface area contributed by atoms with Crippen LogP contribution in [-0.4, -0.2) is 22.1 Å². The predicted molar refractivity (Wildman–Crippen MR) is 103 cm³/mol. The second kappa shape index (κ2) is 8.04. The van der Waals surface area contributed by atoms with Gasteiger partial charge in [0.15, 0.2) is 0 Å². The molecule has 0 spiro atoms. The van der Waals surface area contributed by atoms with E-state index < -0.39 is 0 Å². The number of amides is 1. The van der Waals surface area contributed by atoms with Crippen LogP contribution in [0.25, 0.3) is 11.0 Å². The minimum absolute atomic E-state index is 0.0232. The lowest BCUT2D eigenvalue weighted by atomic mass is 10.1. The van der Waals surface area contributed by atoms with Gasteiger partial charge < -0.3 is 14.6 Å². The van der Waals surface area contributed by atoms with Gasteiger partial charge in [0.1, 0.15) is 18.2 Å². The molecule has 0 aliphatic heterocycles. The second-order valence-corrected chi connectivity index (χ2v) is 6.47. The third-order valence-electron chi connectivity index (χ3n) is 4.28. The van der Waals surface area contributed by atoms with Crippen molar-refractivity contribution in [2.45, 2.75) is 40.3 Å². The molecule has 0 saturated carbocycles. The maximum absolute atomic E-state index is 11.6. The Kier molecular flexibility index (Phi) is 5.56. The minimum Gasteiger partial charge on any atom is -0.492 e. The van der Waals surface area contributed by atoms with Crippen LogP contribution < -0.4 is 10.1 Å². The molecule has 0 fully saturated rings. The van der Waals surface area contributed by atoms with Crippen LogP contribution >= 0.6 is 0 Å². The summed E-state index contributed by atoms with van der Waals surface area (Å²) in [5, 5.41) is 2.91. The van der Waals surface area contributed by atoms with Crippen molar-refractivity contribution in [3.8, 4) is 5.75 Å². The van der Waals surface area contributed by atoms with Gasteiger partial charge >= 0.3 is 0 Å². The Bertz CT molecular complexity index is 895. The first-order chi connectivity index (χ1) is 12.6. The average Bonchev–Trinajstić information content (AvgIpc) is 2.96. The number of hydrogen-bond donors (Lipinski definition) is 1. The van der Waals surface area contributed by atoms with E-state index in [9.17, 15) is 4.79 Å². The molecule has 1 aromatic heterocycles. The SMILES string of the molecule is CCC(=O)NCc1nc2ccccc2n1CCOc1cc(C)cc(C)c1. The fourth-order valence-corrected chi connectivity index (χ4v) is 3.08. The summed E-state index contributed by atoms with van der Waals surface area (Å²) in [5.74, 6) is 1.75. The van der Waals surface area contributed by atoms with Crippen LogP contribution in [0.2, 0.25) is 0 Å². The van der Waals surface area contributed by atoms with Gasteiger partial charge in [0, 0.05) is 6.42 Å². The summed E-state index contributed by atoms with van der Waals surface area (Å²) in [4.78, 5) is 16.3. The number of benzene rings is 2. The van der Waals surface area contributed by atoms with Crippen molar-refractivity contribution in [2.24, 2.45) is 0 Å². The summed E-state index contributed by atoms with van der Waals surface area (Å²) >= 11 is 0. The first-order valence-electron chi connectivity index (χ1n) is 8.98. The highest BCUT2D eigenvalue weighted by Gasteiger charge is 2.11. The van der Waals surface area contributed by atoms with E-state index in [2.05, 4.69) is 34.8 Å². The summed E-state index contributed by atoms with van der Waals surface area (Å²) < 4.78 is 8.07. The van der Waals surface area contributed by atoms with Crippen LogP contribution in [0.3, 0.4) is 0 Å². The zero-order valence-electron chi connectivity index (χ0n) is 15.6. The number of rotatable bonds is 7. The van der Waals surface area contributed by atoms with Gasteiger partial charge in [-0.2, -0.15) is 0 Å². The highest BCUT2D eigenvalue weighted by Crippen LogP contribution is 2.18. The van der Waals surface area contributed by atoms with Crippen molar-refractivity contribution in [1.29, 1.82) is 0 Å². The second-order valence-electron chi connectivity index (χ2n) is 6.47. The largest absolute Gasteiger partial charge is 0.492 e. The number of ether oxygens (including phenoxy) is 1. The molecule has 3 aromatic rings. The van der Waals surface area contributed by atoms with Gasteiger partial charge in [-0.1, -0.05) is 25.1 Å². The smallest absolute Gasteiger partial charge is 0.220 e. The maximum Gasteiger partial charge on any atom is 0.220 e. The standard InChI is InChI=1S/C21H25N3O2/c1-4-21(25)22-14-20-23-18-7-5-6-8-19(18)24(20)9-10-26-17-12-15(2)11-16(3)13-17/h5-8,11-13H,4,9-10,14H2,1-3H3,(H,22,25). The number of fused-ring (bicyclic) bond motifs is 1. The molecule has 0 radical (unpaired) electrons. The van der Waals surface area contributed by atoms with Crippen molar-refractivity contribution in [3.63, 3.8) is 0 Å². The number of nitrogens with zero attached hydrogens (tertiary/aromatic N) is 2. The Morgan fingerprint density at radius 1 is 1.15 bits per heavy atom. The van der Waals surface area contributed by atoms with Crippen LogP contribution in [0.5, 0.6) is 5.75 Å². The summed E-state index contributed by atoms with van der Waals surface area (Å²) in [6.07, 6.45) is 0.468. The lowest BCUT2D eigenvalue weighted by molar-refractivity contribution is -0.120. The Balaban J connectivity index is 1.75. The number of nitrogens with one attached hydrogen (secondary N) is 1. The van der Waals surface area contributed by atoms with E-state index in [0.717, 1.165) is 22.6 Å². The van der Waals surface area contributed by atoms with E-state index in [-0.39, 0.29) is 5.91 Å². The summed E-state index contributed by atoms with van der Waals surface area (Å²) in [6.45, 7) is 7.61. The number of para-hydroxylation sites is 2.